The second-order valence-corrected chi connectivity index (χ2v) is 5.53. The van der Waals surface area contributed by atoms with E-state index in [1.807, 2.05) is 19.2 Å². The van der Waals surface area contributed by atoms with Crippen LogP contribution in [0.1, 0.15) is 42.1 Å². The molecule has 0 aliphatic heterocycles. The van der Waals surface area contributed by atoms with Crippen molar-refractivity contribution in [2.45, 2.75) is 32.9 Å². The summed E-state index contributed by atoms with van der Waals surface area (Å²) in [7, 11) is 0. The van der Waals surface area contributed by atoms with Crippen LogP contribution in [0.3, 0.4) is 0 Å². The maximum atomic E-state index is 13.9. The predicted molar refractivity (Wildman–Crippen MR) is 73.2 cm³/mol. The van der Waals surface area contributed by atoms with Crippen molar-refractivity contribution in [1.82, 2.24) is 10.3 Å². The van der Waals surface area contributed by atoms with Crippen LogP contribution in [0.5, 0.6) is 0 Å². The molecule has 0 spiro atoms. The van der Waals surface area contributed by atoms with Crippen LogP contribution in [-0.4, -0.2) is 4.98 Å². The van der Waals surface area contributed by atoms with Gasteiger partial charge in [-0.2, -0.15) is 0 Å². The predicted octanol–water partition coefficient (Wildman–Crippen LogP) is 4.14. The lowest BCUT2D eigenvalue weighted by Crippen LogP contribution is -2.23. The summed E-state index contributed by atoms with van der Waals surface area (Å²) in [5.41, 5.74) is 0.660. The van der Waals surface area contributed by atoms with Gasteiger partial charge in [0.1, 0.15) is 16.6 Å². The smallest absolute Gasteiger partial charge is 0.128 e. The normalized spacial score (nSPS) is 14.4. The first-order valence-corrected chi connectivity index (χ1v) is 6.98. The summed E-state index contributed by atoms with van der Waals surface area (Å²) in [4.78, 5) is 4.21. The third-order valence-corrected chi connectivity index (χ3v) is 4.02. The number of nitrogens with zero attached hydrogens (tertiary/aromatic N) is 1. The molecule has 1 heterocycles. The van der Waals surface area contributed by atoms with E-state index in [0.717, 1.165) is 5.01 Å². The van der Waals surface area contributed by atoms with Gasteiger partial charge in [0, 0.05) is 23.2 Å². The van der Waals surface area contributed by atoms with Crippen molar-refractivity contribution in [3.8, 4) is 0 Å². The molecular formula is C14H16F2N2S. The monoisotopic (exact) mass is 282 g/mol. The average Bonchev–Trinajstić information content (AvgIpc) is 2.87. The van der Waals surface area contributed by atoms with E-state index in [9.17, 15) is 8.78 Å². The molecule has 1 N–H and O–H groups in total. The molecule has 19 heavy (non-hydrogen) atoms. The molecule has 0 saturated heterocycles. The van der Waals surface area contributed by atoms with Gasteiger partial charge in [-0.1, -0.05) is 0 Å². The summed E-state index contributed by atoms with van der Waals surface area (Å²) in [6.07, 6.45) is 1.73. The van der Waals surface area contributed by atoms with E-state index >= 15 is 0 Å². The minimum Gasteiger partial charge on any atom is -0.301 e. The first-order chi connectivity index (χ1) is 8.99. The Balaban J connectivity index is 2.16. The van der Waals surface area contributed by atoms with Gasteiger partial charge in [-0.15, -0.1) is 11.3 Å². The van der Waals surface area contributed by atoms with Crippen LogP contribution in [0, 0.1) is 18.6 Å². The molecule has 1 aromatic heterocycles. The highest BCUT2D eigenvalue weighted by Gasteiger charge is 2.17. The van der Waals surface area contributed by atoms with Crippen LogP contribution in [0.15, 0.2) is 23.7 Å². The van der Waals surface area contributed by atoms with Crippen molar-refractivity contribution < 1.29 is 8.78 Å². The fourth-order valence-electron chi connectivity index (χ4n) is 1.98. The van der Waals surface area contributed by atoms with E-state index in [4.69, 9.17) is 0 Å². The van der Waals surface area contributed by atoms with Gasteiger partial charge in [-0.3, -0.25) is 0 Å². The molecule has 2 aromatic rings. The summed E-state index contributed by atoms with van der Waals surface area (Å²) in [6.45, 7) is 5.33. The summed E-state index contributed by atoms with van der Waals surface area (Å²) < 4.78 is 27.4. The Morgan fingerprint density at radius 3 is 2.53 bits per heavy atom. The summed E-state index contributed by atoms with van der Waals surface area (Å²) in [5.74, 6) is -0.766. The Labute approximate surface area is 115 Å². The molecule has 0 amide bonds. The number of nitrogens with one attached hydrogen (secondary N) is 1. The van der Waals surface area contributed by atoms with Crippen molar-refractivity contribution in [1.29, 1.82) is 0 Å². The zero-order valence-electron chi connectivity index (χ0n) is 11.1. The Morgan fingerprint density at radius 2 is 1.89 bits per heavy atom. The zero-order valence-corrected chi connectivity index (χ0v) is 11.9. The average molecular weight is 282 g/mol. The van der Waals surface area contributed by atoms with E-state index in [2.05, 4.69) is 10.3 Å². The van der Waals surface area contributed by atoms with Gasteiger partial charge in [0.25, 0.3) is 0 Å². The minimum atomic E-state index is -0.384. The highest BCUT2D eigenvalue weighted by Crippen LogP contribution is 2.24. The van der Waals surface area contributed by atoms with Gasteiger partial charge in [0.15, 0.2) is 0 Å². The highest BCUT2D eigenvalue weighted by atomic mass is 32.1. The molecule has 2 atom stereocenters. The maximum absolute atomic E-state index is 13.9. The molecule has 2 unspecified atom stereocenters. The molecule has 0 fully saturated rings. The van der Waals surface area contributed by atoms with Crippen LogP contribution < -0.4 is 5.32 Å². The second-order valence-electron chi connectivity index (χ2n) is 4.60. The number of aryl methyl sites for hydroxylation is 1. The van der Waals surface area contributed by atoms with Gasteiger partial charge >= 0.3 is 0 Å². The first-order valence-electron chi connectivity index (χ1n) is 6.10. The Hall–Kier alpha value is -1.33. The molecule has 102 valence electrons. The lowest BCUT2D eigenvalue weighted by Gasteiger charge is -2.19. The van der Waals surface area contributed by atoms with Crippen molar-refractivity contribution >= 4 is 11.3 Å². The SMILES string of the molecule is Cc1cc(F)c(C(C)NC(C)c2nccs2)cc1F. The number of aromatic nitrogens is 1. The molecular weight excluding hydrogens is 266 g/mol. The van der Waals surface area contributed by atoms with Crippen LogP contribution >= 0.6 is 11.3 Å². The van der Waals surface area contributed by atoms with Gasteiger partial charge in [0.2, 0.25) is 0 Å². The molecule has 2 rings (SSSR count). The topological polar surface area (TPSA) is 24.9 Å². The Morgan fingerprint density at radius 1 is 1.16 bits per heavy atom. The number of hydrogen-bond donors (Lipinski definition) is 1. The van der Waals surface area contributed by atoms with E-state index < -0.39 is 0 Å². The van der Waals surface area contributed by atoms with Crippen LogP contribution in [0.25, 0.3) is 0 Å². The van der Waals surface area contributed by atoms with Crippen LogP contribution in [-0.2, 0) is 0 Å². The molecule has 0 radical (unpaired) electrons. The molecule has 0 aliphatic rings. The van der Waals surface area contributed by atoms with Gasteiger partial charge in [0.05, 0.1) is 6.04 Å². The number of benzene rings is 1. The molecule has 2 nitrogen and oxygen atoms in total. The lowest BCUT2D eigenvalue weighted by atomic mass is 10.0. The Bertz CT molecular complexity index is 555. The van der Waals surface area contributed by atoms with Gasteiger partial charge in [-0.25, -0.2) is 13.8 Å². The largest absolute Gasteiger partial charge is 0.301 e. The molecule has 0 bridgehead atoms. The van der Waals surface area contributed by atoms with Crippen molar-refractivity contribution in [3.05, 3.63) is 51.5 Å². The number of rotatable bonds is 4. The van der Waals surface area contributed by atoms with Gasteiger partial charge < -0.3 is 5.32 Å². The van der Waals surface area contributed by atoms with Crippen molar-refractivity contribution in [3.63, 3.8) is 0 Å². The van der Waals surface area contributed by atoms with Crippen molar-refractivity contribution in [2.75, 3.05) is 0 Å². The summed E-state index contributed by atoms with van der Waals surface area (Å²) in [6, 6.07) is 2.21. The maximum Gasteiger partial charge on any atom is 0.128 e. The van der Waals surface area contributed by atoms with E-state index in [-0.39, 0.29) is 23.7 Å². The summed E-state index contributed by atoms with van der Waals surface area (Å²) in [5, 5.41) is 6.05. The molecule has 1 aromatic carbocycles. The lowest BCUT2D eigenvalue weighted by molar-refractivity contribution is 0.468. The van der Waals surface area contributed by atoms with Crippen molar-refractivity contribution in [2.24, 2.45) is 0 Å². The second kappa shape index (κ2) is 5.75. The number of halogens is 2. The van der Waals surface area contributed by atoms with E-state index in [0.29, 0.717) is 11.1 Å². The van der Waals surface area contributed by atoms with Crippen LogP contribution in [0.4, 0.5) is 8.78 Å². The Kier molecular flexibility index (Phi) is 4.27. The minimum absolute atomic E-state index is 0.00114. The standard InChI is InChI=1S/C14H16F2N2S/c1-8-6-13(16)11(7-12(8)15)9(2)18-10(3)14-17-4-5-19-14/h4-7,9-10,18H,1-3H3. The highest BCUT2D eigenvalue weighted by molar-refractivity contribution is 7.09. The number of thiazole rings is 1. The fourth-order valence-corrected chi connectivity index (χ4v) is 2.63. The molecule has 5 heteroatoms. The zero-order chi connectivity index (χ0) is 14.0. The van der Waals surface area contributed by atoms with E-state index in [1.165, 1.54) is 23.5 Å². The summed E-state index contributed by atoms with van der Waals surface area (Å²) >= 11 is 1.54. The molecule has 0 aliphatic carbocycles. The third kappa shape index (κ3) is 3.16. The first kappa shape index (κ1) is 14.1. The third-order valence-electron chi connectivity index (χ3n) is 3.07. The van der Waals surface area contributed by atoms with Gasteiger partial charge in [-0.05, 0) is 38.5 Å². The van der Waals surface area contributed by atoms with E-state index in [1.54, 1.807) is 13.1 Å². The molecule has 0 saturated carbocycles. The quantitative estimate of drug-likeness (QED) is 0.911. The van der Waals surface area contributed by atoms with Crippen LogP contribution in [0.2, 0.25) is 0 Å². The fraction of sp³-hybridized carbons (Fsp3) is 0.357. The number of hydrogen-bond acceptors (Lipinski definition) is 3.